The lowest BCUT2D eigenvalue weighted by molar-refractivity contribution is -0.138. The van der Waals surface area contributed by atoms with E-state index in [9.17, 15) is 62.7 Å². The summed E-state index contributed by atoms with van der Waals surface area (Å²) in [5, 5.41) is 7.67. The van der Waals surface area contributed by atoms with Crippen molar-refractivity contribution in [2.24, 2.45) is 5.73 Å². The van der Waals surface area contributed by atoms with Gasteiger partial charge in [-0.3, -0.25) is 37.6 Å². The number of anilines is 3. The number of amides is 3. The smallest absolute Gasteiger partial charge is 0.325 e. The van der Waals surface area contributed by atoms with E-state index in [1.165, 1.54) is 46.9 Å². The van der Waals surface area contributed by atoms with Crippen LogP contribution in [0.1, 0.15) is 75.8 Å². The van der Waals surface area contributed by atoms with Gasteiger partial charge in [0.15, 0.2) is 11.6 Å². The fraction of sp³-hybridized carbons (Fsp3) is 0.0952. The molecule has 8 aromatic heterocycles. The third-order valence-corrected chi connectivity index (χ3v) is 18.0. The molecule has 15 nitrogen and oxygen atoms in total. The highest BCUT2D eigenvalue weighted by Crippen LogP contribution is 2.41. The molecule has 15 aromatic rings. The van der Waals surface area contributed by atoms with Gasteiger partial charge in [-0.25, -0.2) is 23.7 Å². The Morgan fingerprint density at radius 3 is 1.21 bits per heavy atom. The molecule has 0 aliphatic carbocycles. The van der Waals surface area contributed by atoms with Crippen LogP contribution in [0.15, 0.2) is 256 Å². The molecule has 0 bridgehead atoms. The molecule has 26 heteroatoms. The number of pyridine rings is 5. The third kappa shape index (κ3) is 15.8. The Morgan fingerprint density at radius 2 is 0.791 bits per heavy atom. The van der Waals surface area contributed by atoms with E-state index in [0.29, 0.717) is 56.2 Å². The number of hydrogen-bond donors (Lipinski definition) is 4. The third-order valence-electron chi connectivity index (χ3n) is 18.0. The summed E-state index contributed by atoms with van der Waals surface area (Å²) in [7, 11) is 0. The van der Waals surface area contributed by atoms with Crippen LogP contribution in [0.2, 0.25) is 0 Å². The Balaban J connectivity index is 0.000000145. The number of rotatable bonds is 13. The van der Waals surface area contributed by atoms with Gasteiger partial charge in [0.05, 0.1) is 68.6 Å². The lowest BCUT2D eigenvalue weighted by Gasteiger charge is -2.15. The van der Waals surface area contributed by atoms with Crippen LogP contribution in [-0.4, -0.2) is 55.8 Å². The van der Waals surface area contributed by atoms with Crippen molar-refractivity contribution >= 4 is 51.7 Å². The van der Waals surface area contributed by atoms with E-state index in [4.69, 9.17) is 5.73 Å². The van der Waals surface area contributed by atoms with Crippen LogP contribution in [0, 0.1) is 39.3 Å². The average Bonchev–Trinajstić information content (AvgIpc) is 1.54. The quantitative estimate of drug-likeness (QED) is 0.0814. The molecule has 0 unspecified atom stereocenters. The molecule has 110 heavy (non-hydrogen) atoms. The van der Waals surface area contributed by atoms with E-state index >= 15 is 0 Å². The minimum absolute atomic E-state index is 0.0642. The number of nitrogens with two attached hydrogens (primary N) is 1. The normalized spacial score (nSPS) is 11.6. The van der Waals surface area contributed by atoms with Gasteiger partial charge in [-0.1, -0.05) is 77.4 Å². The molecule has 3 amide bonds. The number of imidazole rings is 3. The second-order valence-electron chi connectivity index (χ2n) is 25.5. The second kappa shape index (κ2) is 30.8. The topological polar surface area (TPSA) is 191 Å². The van der Waals surface area contributed by atoms with Crippen molar-refractivity contribution in [2.45, 2.75) is 52.8 Å². The zero-order chi connectivity index (χ0) is 77.9. The van der Waals surface area contributed by atoms with E-state index < -0.39 is 81.3 Å². The molecule has 5 N–H and O–H groups in total. The first-order chi connectivity index (χ1) is 52.6. The summed E-state index contributed by atoms with van der Waals surface area (Å²) >= 11 is 0. The van der Waals surface area contributed by atoms with Crippen LogP contribution in [0.3, 0.4) is 0 Å². The summed E-state index contributed by atoms with van der Waals surface area (Å²) < 4.78 is 158. The molecule has 0 spiro atoms. The van der Waals surface area contributed by atoms with Crippen molar-refractivity contribution in [1.29, 1.82) is 0 Å². The standard InChI is InChI=1S/C29H21F5N4O.C28H21F3N4O.C27H19F3N4O/c1-16-7-10-18(11-8-16)36-28(39)21-14-17(9-12-22(21)29(32,33)34)19-5-3-13-38-26(24(15-35)37-27(19)38)20-4-2-6-23(30)25(20)31;1-17-7-10-20(11-8-17)34-27(36)23-15-19(9-12-24(23)28(29,30)31)22-6-4-14-35-25(16-33-26(22)35)21-5-3-13-32-18(21)2;1-17-4-7-20(8-5-17)33-26(35)22-15-19(6-9-23(22)27(28,29)30)21-3-2-14-34-24(16-32-25(21)34)18-10-12-31-13-11-18/h2-14H,15,35H2,1H3,(H,36,39);3-16H,1-2H3,(H,34,36);2-16H,1H3,(H,33,35). The number of fused-ring (bicyclic) bond motifs is 3. The molecule has 0 fully saturated rings. The number of nitrogens with zero attached hydrogens (tertiary/aromatic N) is 8. The predicted octanol–water partition coefficient (Wildman–Crippen LogP) is 20.6. The number of aromatic nitrogens is 8. The first kappa shape index (κ1) is 74.8. The van der Waals surface area contributed by atoms with Gasteiger partial charge < -0.3 is 21.7 Å². The Labute approximate surface area is 620 Å². The number of hydrogen-bond acceptors (Lipinski definition) is 9. The first-order valence-electron chi connectivity index (χ1n) is 33.8. The molecule has 7 aromatic carbocycles. The maximum absolute atomic E-state index is 14.7. The maximum atomic E-state index is 14.7. The molecule has 0 aliphatic heterocycles. The van der Waals surface area contributed by atoms with Crippen molar-refractivity contribution in [3.8, 4) is 67.2 Å². The Kier molecular flexibility index (Phi) is 20.9. The average molecular weight is 1500 g/mol. The van der Waals surface area contributed by atoms with Gasteiger partial charge in [-0.2, -0.15) is 39.5 Å². The van der Waals surface area contributed by atoms with E-state index in [0.717, 1.165) is 75.2 Å². The number of carbonyl (C=O) groups is 3. The van der Waals surface area contributed by atoms with E-state index in [2.05, 4.69) is 40.9 Å². The predicted molar refractivity (Wildman–Crippen MR) is 399 cm³/mol. The summed E-state index contributed by atoms with van der Waals surface area (Å²) in [5.74, 6) is -4.74. The molecule has 0 saturated heterocycles. The SMILES string of the molecule is Cc1ccc(NC(=O)c2cc(-c3cccn4c(-c5cccc(F)c5F)c(CN)nc34)ccc2C(F)(F)F)cc1.Cc1ccc(NC(=O)c2cc(-c3cccn4c(-c5cccnc5C)cnc34)ccc2C(F)(F)F)cc1.Cc1ccc(NC(=O)c2cc(-c3cccn4c(-c5ccncc5)cnc34)ccc2C(F)(F)F)cc1. The van der Waals surface area contributed by atoms with Crippen molar-refractivity contribution in [1.82, 2.24) is 38.1 Å². The number of halogens is 11. The summed E-state index contributed by atoms with van der Waals surface area (Å²) in [6, 6.07) is 52.2. The Morgan fingerprint density at radius 1 is 0.400 bits per heavy atom. The van der Waals surface area contributed by atoms with Crippen LogP contribution < -0.4 is 21.7 Å². The zero-order valence-electron chi connectivity index (χ0n) is 58.5. The van der Waals surface area contributed by atoms with E-state index in [1.54, 1.807) is 146 Å². The van der Waals surface area contributed by atoms with E-state index in [1.807, 2.05) is 73.2 Å². The van der Waals surface area contributed by atoms with Crippen molar-refractivity contribution < 1.29 is 62.7 Å². The van der Waals surface area contributed by atoms with E-state index in [-0.39, 0.29) is 34.7 Å². The Hall–Kier alpha value is -13.5. The minimum Gasteiger partial charge on any atom is -0.325 e. The lowest BCUT2D eigenvalue weighted by atomic mass is 9.98. The summed E-state index contributed by atoms with van der Waals surface area (Å²) in [6.07, 6.45) is -0.471. The Bertz CT molecular complexity index is 5980. The van der Waals surface area contributed by atoms with Gasteiger partial charge in [0.25, 0.3) is 17.7 Å². The van der Waals surface area contributed by atoms with Crippen LogP contribution in [0.4, 0.5) is 65.4 Å². The van der Waals surface area contributed by atoms with Crippen LogP contribution >= 0.6 is 0 Å². The van der Waals surface area contributed by atoms with Crippen LogP contribution in [0.5, 0.6) is 0 Å². The number of nitrogens with one attached hydrogen (secondary N) is 3. The van der Waals surface area contributed by atoms with Gasteiger partial charge >= 0.3 is 18.5 Å². The highest BCUT2D eigenvalue weighted by Gasteiger charge is 2.39. The molecule has 8 heterocycles. The highest BCUT2D eigenvalue weighted by atomic mass is 19.4. The van der Waals surface area contributed by atoms with Gasteiger partial charge in [0.2, 0.25) is 0 Å². The minimum atomic E-state index is -4.79. The monoisotopic (exact) mass is 1490 g/mol. The number of carbonyl (C=O) groups excluding carboxylic acids is 3. The fourth-order valence-corrected chi connectivity index (χ4v) is 12.6. The maximum Gasteiger partial charge on any atom is 0.417 e. The molecule has 0 saturated carbocycles. The van der Waals surface area contributed by atoms with Gasteiger partial charge in [0, 0.05) is 99.9 Å². The van der Waals surface area contributed by atoms with Gasteiger partial charge in [-0.15, -0.1) is 0 Å². The molecule has 0 atom stereocenters. The van der Waals surface area contributed by atoms with Crippen LogP contribution in [-0.2, 0) is 25.1 Å². The molecule has 0 radical (unpaired) electrons. The molecular formula is C84H61F11N12O3. The summed E-state index contributed by atoms with van der Waals surface area (Å²) in [5.41, 5.74) is 14.1. The molecule has 552 valence electrons. The number of aryl methyl sites for hydroxylation is 4. The second-order valence-corrected chi connectivity index (χ2v) is 25.5. The first-order valence-corrected chi connectivity index (χ1v) is 33.8. The molecular weight excluding hydrogens is 1430 g/mol. The van der Waals surface area contributed by atoms with Crippen LogP contribution in [0.25, 0.3) is 84.1 Å². The zero-order valence-corrected chi connectivity index (χ0v) is 58.5. The van der Waals surface area contributed by atoms with Crippen molar-refractivity contribution in [3.63, 3.8) is 0 Å². The van der Waals surface area contributed by atoms with Gasteiger partial charge in [0.1, 0.15) is 16.9 Å². The summed E-state index contributed by atoms with van der Waals surface area (Å²) in [6.45, 7) is 7.40. The largest absolute Gasteiger partial charge is 0.417 e. The lowest BCUT2D eigenvalue weighted by Crippen LogP contribution is -2.19. The molecule has 15 rings (SSSR count). The molecule has 0 aliphatic rings. The number of alkyl halides is 9. The summed E-state index contributed by atoms with van der Waals surface area (Å²) in [4.78, 5) is 60.9. The fourth-order valence-electron chi connectivity index (χ4n) is 12.6. The van der Waals surface area contributed by atoms with Gasteiger partial charge in [-0.05, 0) is 190 Å². The van der Waals surface area contributed by atoms with Crippen molar-refractivity contribution in [2.75, 3.05) is 16.0 Å². The highest BCUT2D eigenvalue weighted by molar-refractivity contribution is 6.08. The number of benzene rings is 7. The van der Waals surface area contributed by atoms with Crippen molar-refractivity contribution in [3.05, 3.63) is 329 Å².